The van der Waals surface area contributed by atoms with Gasteiger partial charge in [-0.1, -0.05) is 65.9 Å². The molecule has 2 N–H and O–H groups in total. The Hall–Kier alpha value is -3.19. The monoisotopic (exact) mass is 432 g/mol. The Labute approximate surface area is 185 Å². The van der Waals surface area contributed by atoms with E-state index in [1.165, 1.54) is 11.8 Å². The summed E-state index contributed by atoms with van der Waals surface area (Å²) in [6.07, 6.45) is 6.30. The smallest absolute Gasteiger partial charge is 0.240 e. The fourth-order valence-electron chi connectivity index (χ4n) is 3.08. The molecule has 2 aliphatic rings. The zero-order valence-corrected chi connectivity index (χ0v) is 18.1. The van der Waals surface area contributed by atoms with Crippen LogP contribution in [0.25, 0.3) is 6.08 Å². The number of nitrogens with zero attached hydrogens (tertiary/aromatic N) is 2. The van der Waals surface area contributed by atoms with Crippen molar-refractivity contribution < 1.29 is 9.59 Å². The Bertz CT molecular complexity index is 1040. The Morgan fingerprint density at radius 2 is 1.90 bits per heavy atom. The highest BCUT2D eigenvalue weighted by Crippen LogP contribution is 2.32. The first kappa shape index (κ1) is 21.1. The summed E-state index contributed by atoms with van der Waals surface area (Å²) in [5.74, 6) is -0.000903. The van der Waals surface area contributed by atoms with Crippen molar-refractivity contribution in [2.75, 3.05) is 5.32 Å². The van der Waals surface area contributed by atoms with Crippen LogP contribution in [0.5, 0.6) is 0 Å². The summed E-state index contributed by atoms with van der Waals surface area (Å²) in [7, 11) is 0. The molecule has 1 unspecified atom stereocenters. The van der Waals surface area contributed by atoms with Gasteiger partial charge in [-0.15, -0.1) is 5.10 Å². The molecule has 0 spiro atoms. The zero-order valence-electron chi connectivity index (χ0n) is 17.2. The van der Waals surface area contributed by atoms with E-state index in [1.54, 1.807) is 0 Å². The molecule has 1 aliphatic carbocycles. The third-order valence-electron chi connectivity index (χ3n) is 4.98. The molecule has 0 aromatic heterocycles. The van der Waals surface area contributed by atoms with Crippen molar-refractivity contribution in [2.45, 2.75) is 31.4 Å². The lowest BCUT2D eigenvalue weighted by Gasteiger charge is -2.07. The molecule has 2 aromatic carbocycles. The number of hydrogen-bond donors (Lipinski definition) is 2. The number of anilines is 1. The predicted octanol–water partition coefficient (Wildman–Crippen LogP) is 4.39. The van der Waals surface area contributed by atoms with Gasteiger partial charge >= 0.3 is 0 Å². The van der Waals surface area contributed by atoms with Gasteiger partial charge in [0, 0.05) is 18.0 Å². The van der Waals surface area contributed by atoms with Crippen LogP contribution in [-0.4, -0.2) is 27.9 Å². The Morgan fingerprint density at radius 3 is 2.61 bits per heavy atom. The molecule has 158 valence electrons. The second-order valence-electron chi connectivity index (χ2n) is 7.66. The summed E-state index contributed by atoms with van der Waals surface area (Å²) >= 11 is 1.25. The van der Waals surface area contributed by atoms with E-state index in [0.29, 0.717) is 11.1 Å². The molecule has 7 heteroatoms. The number of amidine groups is 1. The molecule has 1 saturated heterocycles. The van der Waals surface area contributed by atoms with Gasteiger partial charge in [0.2, 0.25) is 11.8 Å². The minimum Gasteiger partial charge on any atom is -0.326 e. The van der Waals surface area contributed by atoms with Gasteiger partial charge in [-0.25, -0.2) is 0 Å². The third-order valence-corrected chi connectivity index (χ3v) is 6.05. The fourth-order valence-corrected chi connectivity index (χ4v) is 4.00. The highest BCUT2D eigenvalue weighted by molar-refractivity contribution is 8.15. The first-order valence-corrected chi connectivity index (χ1v) is 11.2. The summed E-state index contributed by atoms with van der Waals surface area (Å²) in [5, 5.41) is 14.1. The molecule has 0 bridgehead atoms. The third kappa shape index (κ3) is 6.15. The highest BCUT2D eigenvalue weighted by Gasteiger charge is 2.32. The lowest BCUT2D eigenvalue weighted by molar-refractivity contribution is -0.122. The summed E-state index contributed by atoms with van der Waals surface area (Å²) in [6.45, 7) is 1.99. The molecule has 6 nitrogen and oxygen atoms in total. The van der Waals surface area contributed by atoms with E-state index in [4.69, 9.17) is 0 Å². The maximum atomic E-state index is 12.3. The number of benzene rings is 2. The number of rotatable bonds is 7. The van der Waals surface area contributed by atoms with Crippen molar-refractivity contribution in [2.24, 2.45) is 16.1 Å². The van der Waals surface area contributed by atoms with Gasteiger partial charge in [0.25, 0.3) is 0 Å². The van der Waals surface area contributed by atoms with Crippen LogP contribution >= 0.6 is 11.8 Å². The average molecular weight is 433 g/mol. The zero-order chi connectivity index (χ0) is 21.6. The Balaban J connectivity index is 1.36. The number of carbonyl (C=O) groups excluding carboxylic acids is 2. The van der Waals surface area contributed by atoms with Gasteiger partial charge in [-0.2, -0.15) is 5.10 Å². The number of allylic oxidation sites excluding steroid dienone is 1. The summed E-state index contributed by atoms with van der Waals surface area (Å²) in [4.78, 5) is 24.6. The van der Waals surface area contributed by atoms with Crippen LogP contribution in [0.4, 0.5) is 5.69 Å². The second-order valence-corrected chi connectivity index (χ2v) is 8.85. The topological polar surface area (TPSA) is 82.9 Å². The SMILES string of the molecule is Cc1ccc(NC(=O)CC2S/C(=N/N=C(C=Cc3ccccc3)C3CC3)NC2=O)cc1. The summed E-state index contributed by atoms with van der Waals surface area (Å²) in [6, 6.07) is 17.6. The predicted molar refractivity (Wildman–Crippen MR) is 127 cm³/mol. The van der Waals surface area contributed by atoms with Crippen LogP contribution in [0.15, 0.2) is 70.9 Å². The lowest BCUT2D eigenvalue weighted by atomic mass is 10.1. The quantitative estimate of drug-likeness (QED) is 0.503. The van der Waals surface area contributed by atoms with Crippen molar-refractivity contribution in [3.63, 3.8) is 0 Å². The maximum Gasteiger partial charge on any atom is 0.240 e. The normalized spacial score (nSPS) is 20.3. The van der Waals surface area contributed by atoms with Crippen LogP contribution in [0.3, 0.4) is 0 Å². The van der Waals surface area contributed by atoms with E-state index in [1.807, 2.05) is 73.7 Å². The number of thioether (sulfide) groups is 1. The van der Waals surface area contributed by atoms with Crippen molar-refractivity contribution in [1.82, 2.24) is 5.32 Å². The fraction of sp³-hybridized carbons (Fsp3) is 0.250. The highest BCUT2D eigenvalue weighted by atomic mass is 32.2. The largest absolute Gasteiger partial charge is 0.326 e. The maximum absolute atomic E-state index is 12.3. The first-order chi connectivity index (χ1) is 15.1. The van der Waals surface area contributed by atoms with Gasteiger partial charge in [0.1, 0.15) is 5.25 Å². The molecule has 0 radical (unpaired) electrons. The summed E-state index contributed by atoms with van der Waals surface area (Å²) < 4.78 is 0. The number of hydrogen-bond acceptors (Lipinski definition) is 5. The standard InChI is InChI=1S/C24H24N4O2S/c1-16-7-12-19(13-8-16)25-22(29)15-21-23(30)26-24(31-21)28-27-20(18-10-11-18)14-9-17-5-3-2-4-6-17/h2-9,12-14,18,21H,10-11,15H2,1H3,(H,25,29)(H,26,28,30). The first-order valence-electron chi connectivity index (χ1n) is 10.3. The number of aryl methyl sites for hydroxylation is 1. The number of nitrogens with one attached hydrogen (secondary N) is 2. The molecule has 1 heterocycles. The van der Waals surface area contributed by atoms with E-state index in [0.717, 1.165) is 35.4 Å². The minimum atomic E-state index is -0.511. The molecule has 2 fully saturated rings. The van der Waals surface area contributed by atoms with Gasteiger partial charge in [-0.3, -0.25) is 9.59 Å². The molecule has 2 aromatic rings. The molecule has 1 saturated carbocycles. The van der Waals surface area contributed by atoms with Crippen LogP contribution < -0.4 is 10.6 Å². The molecular weight excluding hydrogens is 408 g/mol. The molecule has 4 rings (SSSR count). The van der Waals surface area contributed by atoms with Crippen LogP contribution in [0.2, 0.25) is 0 Å². The van der Waals surface area contributed by atoms with Crippen LogP contribution in [-0.2, 0) is 9.59 Å². The Kier molecular flexibility index (Phi) is 6.62. The molecule has 1 atom stereocenters. The van der Waals surface area contributed by atoms with E-state index in [9.17, 15) is 9.59 Å². The van der Waals surface area contributed by atoms with Crippen molar-refractivity contribution in [1.29, 1.82) is 0 Å². The lowest BCUT2D eigenvalue weighted by Crippen LogP contribution is -2.28. The number of amides is 2. The molecule has 1 aliphatic heterocycles. The van der Waals surface area contributed by atoms with E-state index < -0.39 is 5.25 Å². The van der Waals surface area contributed by atoms with Crippen molar-refractivity contribution in [3.05, 3.63) is 71.8 Å². The van der Waals surface area contributed by atoms with Gasteiger partial charge < -0.3 is 10.6 Å². The van der Waals surface area contributed by atoms with Crippen LogP contribution in [0, 0.1) is 12.8 Å². The van der Waals surface area contributed by atoms with Crippen molar-refractivity contribution >= 4 is 46.2 Å². The van der Waals surface area contributed by atoms with Crippen LogP contribution in [0.1, 0.15) is 30.4 Å². The molecule has 31 heavy (non-hydrogen) atoms. The Morgan fingerprint density at radius 1 is 1.16 bits per heavy atom. The van der Waals surface area contributed by atoms with Gasteiger partial charge in [0.05, 0.1) is 5.71 Å². The van der Waals surface area contributed by atoms with E-state index in [2.05, 4.69) is 20.8 Å². The number of carbonyl (C=O) groups is 2. The van der Waals surface area contributed by atoms with E-state index >= 15 is 0 Å². The van der Waals surface area contributed by atoms with Gasteiger partial charge in [-0.05, 0) is 43.5 Å². The average Bonchev–Trinajstić information content (AvgIpc) is 3.55. The van der Waals surface area contributed by atoms with E-state index in [-0.39, 0.29) is 18.2 Å². The minimum absolute atomic E-state index is 0.0799. The summed E-state index contributed by atoms with van der Waals surface area (Å²) in [5.41, 5.74) is 3.85. The van der Waals surface area contributed by atoms with Crippen molar-refractivity contribution in [3.8, 4) is 0 Å². The molecular formula is C24H24N4O2S. The second kappa shape index (κ2) is 9.75. The molecule has 2 amide bonds. The van der Waals surface area contributed by atoms with Gasteiger partial charge in [0.15, 0.2) is 5.17 Å².